The van der Waals surface area contributed by atoms with Crippen molar-refractivity contribution in [3.05, 3.63) is 27.9 Å². The minimum atomic E-state index is -0.297. The lowest BCUT2D eigenvalue weighted by atomic mass is 10.1. The van der Waals surface area contributed by atoms with Gasteiger partial charge in [-0.1, -0.05) is 0 Å². The first kappa shape index (κ1) is 16.9. The zero-order valence-electron chi connectivity index (χ0n) is 10.6. The quantitative estimate of drug-likeness (QED) is 0.159. The van der Waals surface area contributed by atoms with Crippen molar-refractivity contribution in [3.63, 3.8) is 0 Å². The molecule has 0 amide bonds. The van der Waals surface area contributed by atoms with Crippen molar-refractivity contribution in [1.82, 2.24) is 0 Å². The number of hydrogen-bond acceptors (Lipinski definition) is 4. The molecule has 0 aliphatic carbocycles. The molecule has 22 heavy (non-hydrogen) atoms. The third-order valence-electron chi connectivity index (χ3n) is 3.12. The summed E-state index contributed by atoms with van der Waals surface area (Å²) in [5.41, 5.74) is 0.378. The molecular weight excluding hydrogens is 620 g/mol. The SMILES string of the molecule is Cc1c(O)c(O)c(Br)c2c1Oc1c(Br)c(Br)c(Br)c(Br)c1O2. The molecule has 0 saturated carbocycles. The number of phenols is 2. The van der Waals surface area contributed by atoms with E-state index >= 15 is 0 Å². The minimum Gasteiger partial charge on any atom is -0.504 e. The lowest BCUT2D eigenvalue weighted by molar-refractivity contribution is 0.336. The summed E-state index contributed by atoms with van der Waals surface area (Å²) in [6.45, 7) is 1.63. The average molecular weight is 625 g/mol. The van der Waals surface area contributed by atoms with Gasteiger partial charge < -0.3 is 19.7 Å². The monoisotopic (exact) mass is 620 g/mol. The molecule has 0 aromatic heterocycles. The van der Waals surface area contributed by atoms with Crippen molar-refractivity contribution in [1.29, 1.82) is 0 Å². The van der Waals surface area contributed by atoms with E-state index in [1.807, 2.05) is 0 Å². The van der Waals surface area contributed by atoms with Crippen LogP contribution in [0.5, 0.6) is 34.5 Å². The number of fused-ring (bicyclic) bond motifs is 2. The predicted molar refractivity (Wildman–Crippen MR) is 99.6 cm³/mol. The summed E-state index contributed by atoms with van der Waals surface area (Å²) in [5.74, 6) is 0.964. The van der Waals surface area contributed by atoms with Gasteiger partial charge in [0.2, 0.25) is 0 Å². The largest absolute Gasteiger partial charge is 0.504 e. The molecule has 1 aliphatic rings. The summed E-state index contributed by atoms with van der Waals surface area (Å²) >= 11 is 17.0. The summed E-state index contributed by atoms with van der Waals surface area (Å²) in [7, 11) is 0. The highest BCUT2D eigenvalue weighted by Crippen LogP contribution is 2.61. The number of halogens is 5. The van der Waals surface area contributed by atoms with Crippen LogP contribution in [0.25, 0.3) is 0 Å². The van der Waals surface area contributed by atoms with Crippen LogP contribution in [0.3, 0.4) is 0 Å². The number of rotatable bonds is 0. The van der Waals surface area contributed by atoms with E-state index in [2.05, 4.69) is 79.6 Å². The van der Waals surface area contributed by atoms with E-state index in [1.54, 1.807) is 6.92 Å². The van der Waals surface area contributed by atoms with E-state index in [9.17, 15) is 10.2 Å². The Morgan fingerprint density at radius 1 is 0.591 bits per heavy atom. The molecule has 3 rings (SSSR count). The molecule has 0 spiro atoms. The van der Waals surface area contributed by atoms with Crippen molar-refractivity contribution < 1.29 is 19.7 Å². The van der Waals surface area contributed by atoms with Crippen molar-refractivity contribution in [2.45, 2.75) is 6.92 Å². The zero-order valence-corrected chi connectivity index (χ0v) is 18.5. The van der Waals surface area contributed by atoms with Crippen LogP contribution in [0.1, 0.15) is 5.56 Å². The maximum Gasteiger partial charge on any atom is 0.188 e. The molecule has 0 fully saturated rings. The molecule has 2 aromatic carbocycles. The normalized spacial score (nSPS) is 12.3. The van der Waals surface area contributed by atoms with Crippen LogP contribution in [0.2, 0.25) is 0 Å². The molecule has 0 atom stereocenters. The molecule has 0 bridgehead atoms. The van der Waals surface area contributed by atoms with E-state index in [4.69, 9.17) is 9.47 Å². The fourth-order valence-electron chi connectivity index (χ4n) is 1.96. The first-order chi connectivity index (χ1) is 10.3. The van der Waals surface area contributed by atoms with Crippen molar-refractivity contribution in [2.75, 3.05) is 0 Å². The fraction of sp³-hybridized carbons (Fsp3) is 0.0769. The molecule has 0 saturated heterocycles. The van der Waals surface area contributed by atoms with Crippen LogP contribution < -0.4 is 9.47 Å². The van der Waals surface area contributed by atoms with Crippen LogP contribution in [0, 0.1) is 6.92 Å². The van der Waals surface area contributed by atoms with Gasteiger partial charge in [-0.3, -0.25) is 0 Å². The maximum atomic E-state index is 9.96. The molecule has 2 aromatic rings. The smallest absolute Gasteiger partial charge is 0.188 e. The molecule has 116 valence electrons. The molecule has 0 radical (unpaired) electrons. The van der Waals surface area contributed by atoms with Crippen LogP contribution in [-0.4, -0.2) is 10.2 Å². The lowest BCUT2D eigenvalue weighted by Crippen LogP contribution is -2.04. The second-order valence-electron chi connectivity index (χ2n) is 4.41. The van der Waals surface area contributed by atoms with Gasteiger partial charge in [0.1, 0.15) is 4.47 Å². The molecule has 1 heterocycles. The van der Waals surface area contributed by atoms with E-state index in [1.165, 1.54) is 0 Å². The Morgan fingerprint density at radius 2 is 1.00 bits per heavy atom. The number of ether oxygens (including phenoxy) is 2. The van der Waals surface area contributed by atoms with Gasteiger partial charge in [0.15, 0.2) is 34.5 Å². The molecule has 2 N–H and O–H groups in total. The fourth-order valence-corrected chi connectivity index (χ4v) is 4.61. The van der Waals surface area contributed by atoms with Gasteiger partial charge in [-0.15, -0.1) is 0 Å². The topological polar surface area (TPSA) is 58.9 Å². The summed E-state index contributed by atoms with van der Waals surface area (Å²) in [4.78, 5) is 0. The maximum absolute atomic E-state index is 9.96. The first-order valence-electron chi connectivity index (χ1n) is 5.71. The van der Waals surface area contributed by atoms with Gasteiger partial charge in [0.05, 0.1) is 17.9 Å². The van der Waals surface area contributed by atoms with Crippen molar-refractivity contribution in [2.24, 2.45) is 0 Å². The predicted octanol–water partition coefficient (Wildman–Crippen LogP) is 7.12. The van der Waals surface area contributed by atoms with Crippen molar-refractivity contribution in [3.8, 4) is 34.5 Å². The number of benzene rings is 2. The average Bonchev–Trinajstić information content (AvgIpc) is 2.52. The standard InChI is InChI=1S/C13H5Br5O4/c1-2-8(19)9(20)7(18)13-10(2)21-11-5(16)3(14)4(15)6(17)12(11)22-13/h19-20H,1H3. The van der Waals surface area contributed by atoms with Gasteiger partial charge in [0, 0.05) is 5.56 Å². The minimum absolute atomic E-state index is 0.221. The van der Waals surface area contributed by atoms with Crippen LogP contribution in [-0.2, 0) is 0 Å². The molecule has 4 nitrogen and oxygen atoms in total. The third kappa shape index (κ3) is 2.31. The highest BCUT2D eigenvalue weighted by Gasteiger charge is 2.33. The van der Waals surface area contributed by atoms with Gasteiger partial charge in [-0.2, -0.15) is 0 Å². The Bertz CT molecular complexity index is 699. The summed E-state index contributed by atoms with van der Waals surface area (Å²) in [6, 6.07) is 0. The van der Waals surface area contributed by atoms with Gasteiger partial charge in [-0.05, 0) is 86.6 Å². The first-order valence-corrected chi connectivity index (χ1v) is 9.67. The highest BCUT2D eigenvalue weighted by atomic mass is 79.9. The Balaban J connectivity index is 2.32. The molecule has 1 aliphatic heterocycles. The second kappa shape index (κ2) is 5.84. The third-order valence-corrected chi connectivity index (χ3v) is 8.56. The van der Waals surface area contributed by atoms with Gasteiger partial charge in [0.25, 0.3) is 0 Å². The summed E-state index contributed by atoms with van der Waals surface area (Å²) < 4.78 is 14.9. The van der Waals surface area contributed by atoms with E-state index in [0.717, 1.165) is 8.95 Å². The summed E-state index contributed by atoms with van der Waals surface area (Å²) in [5, 5.41) is 19.9. The molecular formula is C13H5Br5O4. The van der Waals surface area contributed by atoms with Gasteiger partial charge >= 0.3 is 0 Å². The zero-order chi connectivity index (χ0) is 16.3. The number of hydrogen-bond donors (Lipinski definition) is 2. The second-order valence-corrected chi connectivity index (χ2v) is 8.38. The van der Waals surface area contributed by atoms with Crippen LogP contribution in [0.4, 0.5) is 0 Å². The Labute approximate surface area is 167 Å². The number of phenolic OH excluding ortho intramolecular Hbond substituents is 2. The Hall–Kier alpha value is 0.0400. The molecule has 0 unspecified atom stereocenters. The van der Waals surface area contributed by atoms with E-state index in [0.29, 0.717) is 37.5 Å². The Kier molecular flexibility index (Phi) is 4.48. The van der Waals surface area contributed by atoms with Gasteiger partial charge in [-0.25, -0.2) is 0 Å². The lowest BCUT2D eigenvalue weighted by Gasteiger charge is -2.26. The van der Waals surface area contributed by atoms with Crippen LogP contribution in [0.15, 0.2) is 22.4 Å². The molecule has 9 heteroatoms. The highest BCUT2D eigenvalue weighted by molar-refractivity contribution is 9.15. The van der Waals surface area contributed by atoms with E-state index < -0.39 is 0 Å². The number of aromatic hydroxyl groups is 2. The van der Waals surface area contributed by atoms with Crippen LogP contribution >= 0.6 is 79.6 Å². The Morgan fingerprint density at radius 3 is 1.50 bits per heavy atom. The summed E-state index contributed by atoms with van der Waals surface area (Å²) in [6.07, 6.45) is 0. The van der Waals surface area contributed by atoms with E-state index in [-0.39, 0.29) is 16.0 Å². The van der Waals surface area contributed by atoms with Crippen molar-refractivity contribution >= 4 is 79.6 Å².